The molecule has 0 bridgehead atoms. The average molecular weight is 303 g/mol. The molecule has 0 unspecified atom stereocenters. The maximum absolute atomic E-state index is 10.5. The van der Waals surface area contributed by atoms with E-state index in [9.17, 15) is 10.1 Å². The van der Waals surface area contributed by atoms with Crippen LogP contribution < -0.4 is 5.32 Å². The molecule has 0 heterocycles. The zero-order chi connectivity index (χ0) is 12.0. The van der Waals surface area contributed by atoms with E-state index < -0.39 is 0 Å². The quantitative estimate of drug-likeness (QED) is 0.647. The number of nitrogens with one attached hydrogen (secondary N) is 1. The standard InChI is InChI=1S/C12H18N2O2.BrH/c1-3-11(4-2)13-9-10-5-7-12(8-6-10)14(15)16;/h5-8,11,13H,3-4,9H2,1-2H3;1H. The van der Waals surface area contributed by atoms with Gasteiger partial charge in [0.1, 0.15) is 0 Å². The Hall–Kier alpha value is -0.940. The van der Waals surface area contributed by atoms with Crippen LogP contribution in [0.3, 0.4) is 0 Å². The summed E-state index contributed by atoms with van der Waals surface area (Å²) in [6.45, 7) is 5.07. The minimum atomic E-state index is -0.377. The van der Waals surface area contributed by atoms with Crippen molar-refractivity contribution < 1.29 is 4.92 Å². The van der Waals surface area contributed by atoms with E-state index in [2.05, 4.69) is 19.2 Å². The second-order valence-corrected chi connectivity index (χ2v) is 3.82. The second-order valence-electron chi connectivity index (χ2n) is 3.82. The van der Waals surface area contributed by atoms with Gasteiger partial charge in [0.15, 0.2) is 0 Å². The highest BCUT2D eigenvalue weighted by atomic mass is 79.9. The molecular weight excluding hydrogens is 284 g/mol. The Morgan fingerprint density at radius 1 is 1.24 bits per heavy atom. The van der Waals surface area contributed by atoms with Gasteiger partial charge in [-0.25, -0.2) is 0 Å². The summed E-state index contributed by atoms with van der Waals surface area (Å²) in [5.74, 6) is 0. The van der Waals surface area contributed by atoms with E-state index >= 15 is 0 Å². The zero-order valence-electron chi connectivity index (χ0n) is 10.2. The summed E-state index contributed by atoms with van der Waals surface area (Å²) in [5.41, 5.74) is 1.23. The maximum Gasteiger partial charge on any atom is 0.269 e. The first kappa shape index (κ1) is 16.1. The van der Waals surface area contributed by atoms with E-state index in [1.165, 1.54) is 0 Å². The highest BCUT2D eigenvalue weighted by Gasteiger charge is 2.05. The van der Waals surface area contributed by atoms with Gasteiger partial charge in [0.25, 0.3) is 5.69 Å². The largest absolute Gasteiger partial charge is 0.310 e. The summed E-state index contributed by atoms with van der Waals surface area (Å²) in [4.78, 5) is 10.1. The molecule has 4 nitrogen and oxygen atoms in total. The molecule has 5 heteroatoms. The molecule has 1 N–H and O–H groups in total. The third kappa shape index (κ3) is 5.28. The average Bonchev–Trinajstić information content (AvgIpc) is 2.31. The van der Waals surface area contributed by atoms with Crippen molar-refractivity contribution in [3.05, 3.63) is 39.9 Å². The summed E-state index contributed by atoms with van der Waals surface area (Å²) in [5, 5.41) is 13.9. The van der Waals surface area contributed by atoms with E-state index in [1.54, 1.807) is 24.3 Å². The number of nitro groups is 1. The topological polar surface area (TPSA) is 55.2 Å². The number of nitrogens with zero attached hydrogens (tertiary/aromatic N) is 1. The van der Waals surface area contributed by atoms with Gasteiger partial charge >= 0.3 is 0 Å². The van der Waals surface area contributed by atoms with E-state index in [4.69, 9.17) is 0 Å². The van der Waals surface area contributed by atoms with Gasteiger partial charge in [0.2, 0.25) is 0 Å². The monoisotopic (exact) mass is 302 g/mol. The van der Waals surface area contributed by atoms with E-state index in [0.29, 0.717) is 6.04 Å². The normalized spacial score (nSPS) is 10.1. The van der Waals surface area contributed by atoms with Gasteiger partial charge in [0, 0.05) is 24.7 Å². The van der Waals surface area contributed by atoms with Crippen LogP contribution in [0, 0.1) is 10.1 Å². The van der Waals surface area contributed by atoms with Crippen LogP contribution in [-0.2, 0) is 6.54 Å². The van der Waals surface area contributed by atoms with Gasteiger partial charge in [-0.3, -0.25) is 10.1 Å². The minimum Gasteiger partial charge on any atom is -0.310 e. The lowest BCUT2D eigenvalue weighted by Crippen LogP contribution is -2.26. The van der Waals surface area contributed by atoms with Crippen molar-refractivity contribution in [2.24, 2.45) is 0 Å². The number of hydrogen-bond donors (Lipinski definition) is 1. The van der Waals surface area contributed by atoms with Gasteiger partial charge < -0.3 is 5.32 Å². The molecule has 0 amide bonds. The van der Waals surface area contributed by atoms with Crippen LogP contribution in [0.1, 0.15) is 32.3 Å². The molecule has 0 fully saturated rings. The predicted molar refractivity (Wildman–Crippen MR) is 74.6 cm³/mol. The number of non-ortho nitro benzene ring substituents is 1. The first-order valence-corrected chi connectivity index (χ1v) is 5.64. The first-order chi connectivity index (χ1) is 7.67. The Bertz CT molecular complexity index is 337. The summed E-state index contributed by atoms with van der Waals surface area (Å²) in [6, 6.07) is 7.21. The number of halogens is 1. The van der Waals surface area contributed by atoms with Crippen LogP contribution in [0.15, 0.2) is 24.3 Å². The summed E-state index contributed by atoms with van der Waals surface area (Å²) in [6.07, 6.45) is 2.20. The third-order valence-electron chi connectivity index (χ3n) is 2.73. The van der Waals surface area contributed by atoms with Gasteiger partial charge in [-0.1, -0.05) is 26.0 Å². The molecule has 96 valence electrons. The SMILES string of the molecule is Br.CCC(CC)NCc1ccc([N+](=O)[O-])cc1. The Morgan fingerprint density at radius 2 is 1.76 bits per heavy atom. The Labute approximate surface area is 112 Å². The molecule has 0 saturated carbocycles. The number of hydrogen-bond acceptors (Lipinski definition) is 3. The van der Waals surface area contributed by atoms with Crippen molar-refractivity contribution in [2.75, 3.05) is 0 Å². The maximum atomic E-state index is 10.5. The molecule has 1 rings (SSSR count). The lowest BCUT2D eigenvalue weighted by molar-refractivity contribution is -0.384. The number of benzene rings is 1. The fourth-order valence-electron chi connectivity index (χ4n) is 1.58. The van der Waals surface area contributed by atoms with Gasteiger partial charge in [-0.2, -0.15) is 0 Å². The Balaban J connectivity index is 0.00000256. The van der Waals surface area contributed by atoms with Crippen LogP contribution in [0.4, 0.5) is 5.69 Å². The molecule has 1 aromatic carbocycles. The fraction of sp³-hybridized carbons (Fsp3) is 0.500. The Kier molecular flexibility index (Phi) is 7.74. The van der Waals surface area contributed by atoms with Crippen LogP contribution in [0.2, 0.25) is 0 Å². The van der Waals surface area contributed by atoms with Crippen molar-refractivity contribution >= 4 is 22.7 Å². The van der Waals surface area contributed by atoms with Crippen LogP contribution in [0.5, 0.6) is 0 Å². The molecule has 0 aromatic heterocycles. The van der Waals surface area contributed by atoms with Crippen molar-refractivity contribution in [3.63, 3.8) is 0 Å². The van der Waals surface area contributed by atoms with Gasteiger partial charge in [-0.05, 0) is 18.4 Å². The molecule has 0 spiro atoms. The lowest BCUT2D eigenvalue weighted by Gasteiger charge is -2.14. The van der Waals surface area contributed by atoms with E-state index in [-0.39, 0.29) is 27.6 Å². The summed E-state index contributed by atoms with van der Waals surface area (Å²) >= 11 is 0. The fourth-order valence-corrected chi connectivity index (χ4v) is 1.58. The smallest absolute Gasteiger partial charge is 0.269 e. The molecule has 1 aromatic rings. The van der Waals surface area contributed by atoms with Crippen molar-refractivity contribution in [1.29, 1.82) is 0 Å². The number of nitro benzene ring substituents is 1. The molecule has 0 atom stereocenters. The van der Waals surface area contributed by atoms with Crippen molar-refractivity contribution in [1.82, 2.24) is 5.32 Å². The first-order valence-electron chi connectivity index (χ1n) is 5.64. The zero-order valence-corrected chi connectivity index (χ0v) is 11.9. The van der Waals surface area contributed by atoms with E-state index in [1.807, 2.05) is 0 Å². The molecule has 0 aliphatic heterocycles. The van der Waals surface area contributed by atoms with E-state index in [0.717, 1.165) is 24.9 Å². The molecule has 0 aliphatic carbocycles. The second kappa shape index (κ2) is 8.20. The van der Waals surface area contributed by atoms with Gasteiger partial charge in [-0.15, -0.1) is 17.0 Å². The van der Waals surface area contributed by atoms with Crippen molar-refractivity contribution in [2.45, 2.75) is 39.3 Å². The minimum absolute atomic E-state index is 0. The van der Waals surface area contributed by atoms with Crippen LogP contribution >= 0.6 is 17.0 Å². The van der Waals surface area contributed by atoms with Crippen molar-refractivity contribution in [3.8, 4) is 0 Å². The molecular formula is C12H19BrN2O2. The van der Waals surface area contributed by atoms with Crippen LogP contribution in [0.25, 0.3) is 0 Å². The Morgan fingerprint density at radius 3 is 2.18 bits per heavy atom. The highest BCUT2D eigenvalue weighted by Crippen LogP contribution is 2.12. The summed E-state index contributed by atoms with van der Waals surface area (Å²) in [7, 11) is 0. The third-order valence-corrected chi connectivity index (χ3v) is 2.73. The number of rotatable bonds is 6. The molecule has 0 radical (unpaired) electrons. The lowest BCUT2D eigenvalue weighted by atomic mass is 10.1. The highest BCUT2D eigenvalue weighted by molar-refractivity contribution is 8.93. The molecule has 17 heavy (non-hydrogen) atoms. The van der Waals surface area contributed by atoms with Gasteiger partial charge in [0.05, 0.1) is 4.92 Å². The summed E-state index contributed by atoms with van der Waals surface area (Å²) < 4.78 is 0. The predicted octanol–water partition coefficient (Wildman–Crippen LogP) is 3.45. The molecule has 0 aliphatic rings. The van der Waals surface area contributed by atoms with Crippen LogP contribution in [-0.4, -0.2) is 11.0 Å². The molecule has 0 saturated heterocycles.